The minimum absolute atomic E-state index is 0.0188. The van der Waals surface area contributed by atoms with Gasteiger partial charge in [0.15, 0.2) is 17.2 Å². The Balaban J connectivity index is 1.72. The molecular formula is C26H30N4O6. The zero-order chi connectivity index (χ0) is 26.2. The summed E-state index contributed by atoms with van der Waals surface area (Å²) in [6.45, 7) is 5.65. The predicted molar refractivity (Wildman–Crippen MR) is 131 cm³/mol. The molecule has 4 atom stereocenters. The van der Waals surface area contributed by atoms with E-state index in [0.29, 0.717) is 17.7 Å². The fraction of sp³-hybridized carbons (Fsp3) is 0.385. The highest BCUT2D eigenvalue weighted by atomic mass is 16.6. The molecule has 2 aromatic rings. The van der Waals surface area contributed by atoms with Gasteiger partial charge in [-0.25, -0.2) is 4.79 Å². The largest absolute Gasteiger partial charge is 0.382 e. The van der Waals surface area contributed by atoms with Crippen molar-refractivity contribution < 1.29 is 29.3 Å². The van der Waals surface area contributed by atoms with Crippen LogP contribution >= 0.6 is 0 Å². The monoisotopic (exact) mass is 494 g/mol. The lowest BCUT2D eigenvalue weighted by molar-refractivity contribution is -0.104. The highest BCUT2D eigenvalue weighted by molar-refractivity contribution is 6.06. The van der Waals surface area contributed by atoms with Crippen LogP contribution in [0.5, 0.6) is 0 Å². The molecule has 2 saturated heterocycles. The van der Waals surface area contributed by atoms with Crippen molar-refractivity contribution in [3.63, 3.8) is 0 Å². The Morgan fingerprint density at radius 1 is 1.14 bits per heavy atom. The van der Waals surface area contributed by atoms with Crippen molar-refractivity contribution in [1.82, 2.24) is 15.1 Å². The van der Waals surface area contributed by atoms with Gasteiger partial charge in [0.1, 0.15) is 25.1 Å². The number of nitrogens with one attached hydrogen (secondary N) is 2. The van der Waals surface area contributed by atoms with Crippen LogP contribution in [0.15, 0.2) is 48.5 Å². The van der Waals surface area contributed by atoms with Crippen LogP contribution in [0.4, 0.5) is 4.79 Å². The number of carbonyl (C=O) groups excluding carboxylic acids is 3. The van der Waals surface area contributed by atoms with E-state index in [1.165, 1.54) is 4.90 Å². The lowest BCUT2D eigenvalue weighted by atomic mass is 9.81. The van der Waals surface area contributed by atoms with E-state index in [1.54, 1.807) is 67.3 Å². The van der Waals surface area contributed by atoms with Gasteiger partial charge in [-0.05, 0) is 31.9 Å². The second-order valence-electron chi connectivity index (χ2n) is 9.15. The molecule has 4 rings (SSSR count). The van der Waals surface area contributed by atoms with Crippen LogP contribution in [0.2, 0.25) is 0 Å². The highest BCUT2D eigenvalue weighted by Crippen LogP contribution is 2.39. The molecular weight excluding hydrogens is 464 g/mol. The van der Waals surface area contributed by atoms with Gasteiger partial charge in [-0.3, -0.25) is 25.2 Å². The molecule has 0 saturated carbocycles. The summed E-state index contributed by atoms with van der Waals surface area (Å²) in [6, 6.07) is 12.7. The Morgan fingerprint density at radius 2 is 1.72 bits per heavy atom. The Labute approximate surface area is 209 Å². The van der Waals surface area contributed by atoms with Gasteiger partial charge in [0, 0.05) is 24.1 Å². The molecule has 190 valence electrons. The number of nitrogens with zero attached hydrogens (tertiary/aromatic N) is 2. The van der Waals surface area contributed by atoms with E-state index in [1.807, 2.05) is 6.92 Å². The van der Waals surface area contributed by atoms with Crippen LogP contribution in [0.25, 0.3) is 0 Å². The average Bonchev–Trinajstić information content (AvgIpc) is 3.21. The van der Waals surface area contributed by atoms with Gasteiger partial charge >= 0.3 is 6.03 Å². The Hall–Kier alpha value is -3.60. The number of ketones is 2. The zero-order valence-corrected chi connectivity index (χ0v) is 20.4. The second-order valence-corrected chi connectivity index (χ2v) is 9.15. The first-order valence-electron chi connectivity index (χ1n) is 11.8. The van der Waals surface area contributed by atoms with Crippen molar-refractivity contribution in [3.8, 4) is 0 Å². The van der Waals surface area contributed by atoms with Gasteiger partial charge in [0.2, 0.25) is 5.96 Å². The highest BCUT2D eigenvalue weighted by Gasteiger charge is 2.59. The molecule has 1 unspecified atom stereocenters. The van der Waals surface area contributed by atoms with Crippen molar-refractivity contribution in [3.05, 3.63) is 70.8 Å². The number of amides is 2. The molecule has 2 heterocycles. The Bertz CT molecular complexity index is 1220. The molecule has 10 heteroatoms. The summed E-state index contributed by atoms with van der Waals surface area (Å²) in [5.74, 6) is -1.48. The predicted octanol–water partition coefficient (Wildman–Crippen LogP) is 1.82. The van der Waals surface area contributed by atoms with Gasteiger partial charge in [-0.2, -0.15) is 0 Å². The quantitative estimate of drug-likeness (QED) is 0.430. The SMILES string of the molecule is CCN1CN([C@H]2C[C@@](O)(C(=O)c3ccccc3C)[C@@H](C(O)C(=O)c3ccccc3C)O2)C(=O)NC1=N. The summed E-state index contributed by atoms with van der Waals surface area (Å²) in [6.07, 6.45) is -5.00. The standard InChI is InChI=1S/C26H30N4O6/c1-4-29-14-30(25(34)28-24(29)27)19-13-26(35,22(33)18-12-8-6-10-16(18)3)23(36-19)21(32)20(31)17-11-7-5-9-15(17)2/h5-12,19,21,23,32,35H,4,13-14H2,1-3H3,(H2,27,28,34)/t19-,21?,23-,26-/m1/s1. The van der Waals surface area contributed by atoms with E-state index >= 15 is 0 Å². The normalized spacial score (nSPS) is 25.0. The average molecular weight is 495 g/mol. The number of hydrogen-bond acceptors (Lipinski definition) is 7. The van der Waals surface area contributed by atoms with Crippen LogP contribution in [0.1, 0.15) is 45.2 Å². The number of aliphatic hydroxyl groups is 2. The van der Waals surface area contributed by atoms with E-state index in [9.17, 15) is 24.6 Å². The van der Waals surface area contributed by atoms with Gasteiger partial charge in [-0.1, -0.05) is 48.5 Å². The van der Waals surface area contributed by atoms with Crippen molar-refractivity contribution in [1.29, 1.82) is 5.41 Å². The van der Waals surface area contributed by atoms with Gasteiger partial charge in [0.25, 0.3) is 0 Å². The third kappa shape index (κ3) is 4.39. The molecule has 36 heavy (non-hydrogen) atoms. The van der Waals surface area contributed by atoms with Crippen LogP contribution in [-0.2, 0) is 4.74 Å². The lowest BCUT2D eigenvalue weighted by Crippen LogP contribution is -2.62. The fourth-order valence-electron chi connectivity index (χ4n) is 4.71. The first kappa shape index (κ1) is 25.5. The molecule has 2 fully saturated rings. The van der Waals surface area contributed by atoms with Gasteiger partial charge < -0.3 is 19.8 Å². The van der Waals surface area contributed by atoms with Crippen molar-refractivity contribution >= 4 is 23.6 Å². The van der Waals surface area contributed by atoms with E-state index in [-0.39, 0.29) is 30.2 Å². The van der Waals surface area contributed by atoms with Crippen LogP contribution in [0, 0.1) is 19.3 Å². The van der Waals surface area contributed by atoms with E-state index < -0.39 is 41.6 Å². The van der Waals surface area contributed by atoms with Crippen molar-refractivity contribution in [2.75, 3.05) is 13.2 Å². The number of aryl methyl sites for hydroxylation is 2. The number of hydrogen-bond donors (Lipinski definition) is 4. The minimum atomic E-state index is -2.29. The maximum Gasteiger partial charge on any atom is 0.327 e. The third-order valence-electron chi connectivity index (χ3n) is 6.86. The van der Waals surface area contributed by atoms with E-state index in [2.05, 4.69) is 5.32 Å². The molecule has 2 amide bonds. The third-order valence-corrected chi connectivity index (χ3v) is 6.86. The summed E-state index contributed by atoms with van der Waals surface area (Å²) in [5.41, 5.74) is -0.595. The smallest absolute Gasteiger partial charge is 0.327 e. The maximum absolute atomic E-state index is 13.7. The summed E-state index contributed by atoms with van der Waals surface area (Å²) < 4.78 is 5.97. The van der Waals surface area contributed by atoms with Crippen molar-refractivity contribution in [2.45, 2.75) is 51.2 Å². The number of ether oxygens (including phenoxy) is 1. The first-order chi connectivity index (χ1) is 17.1. The molecule has 2 aromatic carbocycles. The van der Waals surface area contributed by atoms with E-state index in [4.69, 9.17) is 10.1 Å². The number of Topliss-reactive ketones (excluding diaryl/α,β-unsaturated/α-hetero) is 2. The summed E-state index contributed by atoms with van der Waals surface area (Å²) in [7, 11) is 0. The molecule has 0 bridgehead atoms. The number of guanidine groups is 1. The molecule has 0 radical (unpaired) electrons. The number of rotatable bonds is 7. The molecule has 2 aliphatic heterocycles. The summed E-state index contributed by atoms with van der Waals surface area (Å²) in [5, 5.41) is 33.3. The molecule has 0 spiro atoms. The van der Waals surface area contributed by atoms with Crippen molar-refractivity contribution in [2.24, 2.45) is 0 Å². The summed E-state index contributed by atoms with van der Waals surface area (Å²) in [4.78, 5) is 42.5. The second kappa shape index (κ2) is 9.81. The Kier molecular flexibility index (Phi) is 6.94. The molecule has 4 N–H and O–H groups in total. The number of aliphatic hydroxyl groups excluding tert-OH is 1. The number of benzene rings is 2. The molecule has 0 aromatic heterocycles. The zero-order valence-electron chi connectivity index (χ0n) is 20.4. The number of urea groups is 1. The van der Waals surface area contributed by atoms with E-state index in [0.717, 1.165) is 0 Å². The topological polar surface area (TPSA) is 143 Å². The molecule has 2 aliphatic rings. The maximum atomic E-state index is 13.7. The van der Waals surface area contributed by atoms with Crippen LogP contribution in [-0.4, -0.2) is 80.8 Å². The first-order valence-corrected chi connectivity index (χ1v) is 11.8. The van der Waals surface area contributed by atoms with Gasteiger partial charge in [0.05, 0.1) is 0 Å². The lowest BCUT2D eigenvalue weighted by Gasteiger charge is -2.39. The summed E-state index contributed by atoms with van der Waals surface area (Å²) >= 11 is 0. The number of carbonyl (C=O) groups is 3. The molecule has 0 aliphatic carbocycles. The fourth-order valence-corrected chi connectivity index (χ4v) is 4.71. The van der Waals surface area contributed by atoms with Crippen LogP contribution < -0.4 is 5.32 Å². The van der Waals surface area contributed by atoms with Crippen LogP contribution in [0.3, 0.4) is 0 Å². The minimum Gasteiger partial charge on any atom is -0.382 e. The van der Waals surface area contributed by atoms with Gasteiger partial charge in [-0.15, -0.1) is 0 Å². The molecule has 10 nitrogen and oxygen atoms in total. The Morgan fingerprint density at radius 3 is 2.31 bits per heavy atom.